The van der Waals surface area contributed by atoms with Crippen LogP contribution in [0.2, 0.25) is 0 Å². The molecule has 5 nitrogen and oxygen atoms in total. The third kappa shape index (κ3) is 4.88. The number of fused-ring (bicyclic) bond motifs is 1. The molecule has 0 saturated heterocycles. The van der Waals surface area contributed by atoms with Gasteiger partial charge in [0, 0.05) is 12.7 Å². The molecular formula is C26H25F2NO4. The van der Waals surface area contributed by atoms with Crippen molar-refractivity contribution in [2.45, 2.75) is 38.3 Å². The molecule has 0 bridgehead atoms. The van der Waals surface area contributed by atoms with E-state index in [1.807, 2.05) is 0 Å². The van der Waals surface area contributed by atoms with Crippen LogP contribution in [-0.4, -0.2) is 28.7 Å². The highest BCUT2D eigenvalue weighted by Gasteiger charge is 2.21. The number of carbonyl (C=O) groups is 1. The first-order chi connectivity index (χ1) is 15.9. The van der Waals surface area contributed by atoms with Gasteiger partial charge in [0.1, 0.15) is 17.4 Å². The lowest BCUT2D eigenvalue weighted by Crippen LogP contribution is -2.21. The van der Waals surface area contributed by atoms with E-state index >= 15 is 0 Å². The summed E-state index contributed by atoms with van der Waals surface area (Å²) in [5, 5.41) is 9.20. The van der Waals surface area contributed by atoms with E-state index < -0.39 is 28.2 Å². The molecule has 0 aliphatic heterocycles. The number of carbonyl (C=O) groups excluding carboxylic acids is 1. The Morgan fingerprint density at radius 1 is 1.09 bits per heavy atom. The van der Waals surface area contributed by atoms with Gasteiger partial charge in [-0.2, -0.15) is 0 Å². The molecule has 1 aromatic heterocycles. The van der Waals surface area contributed by atoms with E-state index in [2.05, 4.69) is 0 Å². The van der Waals surface area contributed by atoms with Gasteiger partial charge < -0.3 is 14.4 Å². The van der Waals surface area contributed by atoms with Gasteiger partial charge in [-0.15, -0.1) is 0 Å². The van der Waals surface area contributed by atoms with Crippen molar-refractivity contribution in [3.63, 3.8) is 0 Å². The molecule has 4 rings (SSSR count). The lowest BCUT2D eigenvalue weighted by Gasteiger charge is -2.22. The highest BCUT2D eigenvalue weighted by Crippen LogP contribution is 2.26. The molecule has 1 N–H and O–H groups in total. The number of hydrogen-bond acceptors (Lipinski definition) is 4. The second kappa shape index (κ2) is 9.67. The Kier molecular flexibility index (Phi) is 6.70. The normalized spacial score (nSPS) is 18.7. The van der Waals surface area contributed by atoms with Crippen LogP contribution in [0.15, 0.2) is 59.5 Å². The average molecular weight is 453 g/mol. The molecule has 0 atom stereocenters. The minimum absolute atomic E-state index is 0.131. The van der Waals surface area contributed by atoms with Crippen LogP contribution in [0.3, 0.4) is 0 Å². The maximum absolute atomic E-state index is 14.7. The van der Waals surface area contributed by atoms with E-state index in [0.717, 1.165) is 30.5 Å². The van der Waals surface area contributed by atoms with E-state index in [9.17, 15) is 23.5 Å². The Labute approximate surface area is 189 Å². The minimum Gasteiger partial charge on any atom is -0.497 e. The van der Waals surface area contributed by atoms with Crippen LogP contribution in [0, 0.1) is 17.6 Å². The van der Waals surface area contributed by atoms with Gasteiger partial charge >= 0.3 is 0 Å². The van der Waals surface area contributed by atoms with Gasteiger partial charge in [0.25, 0.3) is 0 Å². The first kappa shape index (κ1) is 22.9. The largest absolute Gasteiger partial charge is 0.497 e. The summed E-state index contributed by atoms with van der Waals surface area (Å²) in [6.07, 6.45) is 6.90. The zero-order chi connectivity index (χ0) is 23.5. The van der Waals surface area contributed by atoms with Gasteiger partial charge in [0.05, 0.1) is 29.7 Å². The first-order valence-electron chi connectivity index (χ1n) is 10.9. The number of nitrogens with zero attached hydrogens (tertiary/aromatic N) is 1. The number of allylic oxidation sites excluding steroid dienone is 2. The Bertz CT molecular complexity index is 1260. The molecule has 1 heterocycles. The van der Waals surface area contributed by atoms with Crippen LogP contribution in [0.5, 0.6) is 5.75 Å². The summed E-state index contributed by atoms with van der Waals surface area (Å²) in [6, 6.07) is 8.91. The number of benzene rings is 2. The molecule has 3 aromatic rings. The van der Waals surface area contributed by atoms with Gasteiger partial charge in [-0.3, -0.25) is 9.59 Å². The fraction of sp³-hybridized carbons (Fsp3) is 0.308. The van der Waals surface area contributed by atoms with Crippen molar-refractivity contribution in [3.8, 4) is 5.75 Å². The number of ketones is 1. The van der Waals surface area contributed by atoms with Crippen LogP contribution in [0.1, 0.15) is 41.6 Å². The summed E-state index contributed by atoms with van der Waals surface area (Å²) in [5.41, 5.74) is -0.467. The highest BCUT2D eigenvalue weighted by atomic mass is 19.1. The molecule has 1 aliphatic rings. The van der Waals surface area contributed by atoms with Crippen LogP contribution in [0.25, 0.3) is 10.9 Å². The molecule has 33 heavy (non-hydrogen) atoms. The molecule has 1 saturated carbocycles. The summed E-state index contributed by atoms with van der Waals surface area (Å²) in [6.45, 7) is 0.131. The molecule has 2 aromatic carbocycles. The Morgan fingerprint density at radius 2 is 1.76 bits per heavy atom. The molecule has 0 spiro atoms. The number of aromatic nitrogens is 1. The third-order valence-electron chi connectivity index (χ3n) is 6.16. The molecule has 0 unspecified atom stereocenters. The van der Waals surface area contributed by atoms with E-state index in [1.165, 1.54) is 16.8 Å². The van der Waals surface area contributed by atoms with Gasteiger partial charge in [0.2, 0.25) is 5.43 Å². The Balaban J connectivity index is 1.75. The topological polar surface area (TPSA) is 68.5 Å². The lowest BCUT2D eigenvalue weighted by molar-refractivity contribution is 0.104. The number of methoxy groups -OCH3 is 1. The molecular weight excluding hydrogens is 428 g/mol. The number of rotatable bonds is 6. The third-order valence-corrected chi connectivity index (χ3v) is 6.16. The maximum atomic E-state index is 14.7. The van der Waals surface area contributed by atoms with Crippen molar-refractivity contribution >= 4 is 16.7 Å². The van der Waals surface area contributed by atoms with Crippen LogP contribution < -0.4 is 10.2 Å². The summed E-state index contributed by atoms with van der Waals surface area (Å²) in [5.74, 6) is -1.39. The van der Waals surface area contributed by atoms with E-state index in [-0.39, 0.29) is 29.6 Å². The molecule has 1 fully saturated rings. The monoisotopic (exact) mass is 453 g/mol. The van der Waals surface area contributed by atoms with E-state index in [1.54, 1.807) is 37.5 Å². The molecule has 172 valence electrons. The minimum atomic E-state index is -0.875. The summed E-state index contributed by atoms with van der Waals surface area (Å²) >= 11 is 0. The second-order valence-electron chi connectivity index (χ2n) is 8.39. The first-order valence-corrected chi connectivity index (χ1v) is 10.9. The van der Waals surface area contributed by atoms with Crippen molar-refractivity contribution in [2.24, 2.45) is 5.92 Å². The number of aliphatic hydroxyl groups is 1. The van der Waals surface area contributed by atoms with Crippen LogP contribution in [0.4, 0.5) is 8.78 Å². The number of pyridine rings is 1. The van der Waals surface area contributed by atoms with Gasteiger partial charge in [-0.05, 0) is 67.5 Å². The predicted molar refractivity (Wildman–Crippen MR) is 122 cm³/mol. The zero-order valence-corrected chi connectivity index (χ0v) is 18.3. The van der Waals surface area contributed by atoms with Gasteiger partial charge in [-0.25, -0.2) is 8.78 Å². The number of halogens is 2. The Hall–Kier alpha value is -3.32. The average Bonchev–Trinajstić information content (AvgIpc) is 2.82. The smallest absolute Gasteiger partial charge is 0.203 e. The van der Waals surface area contributed by atoms with Crippen LogP contribution >= 0.6 is 0 Å². The summed E-state index contributed by atoms with van der Waals surface area (Å²) < 4.78 is 35.9. The van der Waals surface area contributed by atoms with Crippen molar-refractivity contribution in [1.29, 1.82) is 0 Å². The van der Waals surface area contributed by atoms with Gasteiger partial charge in [0.15, 0.2) is 5.78 Å². The molecule has 7 heteroatoms. The second-order valence-corrected chi connectivity index (χ2v) is 8.39. The highest BCUT2D eigenvalue weighted by molar-refractivity contribution is 6.06. The SMILES string of the molecule is COc1ccc(Cn2cc(C(=O)/C=C/[C@H]3CC[C@H](O)CC3)c(=O)c3c(F)ccc(F)c32)cc1. The predicted octanol–water partition coefficient (Wildman–Crippen LogP) is 4.63. The number of aliphatic hydroxyl groups excluding tert-OH is 1. The zero-order valence-electron chi connectivity index (χ0n) is 18.3. The molecule has 0 radical (unpaired) electrons. The van der Waals surface area contributed by atoms with Crippen molar-refractivity contribution in [2.75, 3.05) is 7.11 Å². The van der Waals surface area contributed by atoms with E-state index in [4.69, 9.17) is 4.74 Å². The fourth-order valence-electron chi connectivity index (χ4n) is 4.29. The summed E-state index contributed by atoms with van der Waals surface area (Å²) in [7, 11) is 1.54. The molecule has 0 amide bonds. The molecule has 1 aliphatic carbocycles. The van der Waals surface area contributed by atoms with Crippen LogP contribution in [-0.2, 0) is 6.54 Å². The van der Waals surface area contributed by atoms with Crippen molar-refractivity contribution in [3.05, 3.63) is 87.7 Å². The standard InChI is InChI=1S/C26H25F2NO4/c1-33-19-9-4-17(5-10-19)14-29-15-20(23(31)13-6-16-2-7-18(30)8-3-16)26(32)24-21(27)11-12-22(28)25(24)29/h4-6,9-13,15-16,18,30H,2-3,7-8,14H2,1H3/b13-6+/t16-,18-. The maximum Gasteiger partial charge on any atom is 0.203 e. The lowest BCUT2D eigenvalue weighted by atomic mass is 9.87. The Morgan fingerprint density at radius 3 is 2.42 bits per heavy atom. The fourth-order valence-corrected chi connectivity index (χ4v) is 4.29. The quantitative estimate of drug-likeness (QED) is 0.437. The number of ether oxygens (including phenoxy) is 1. The van der Waals surface area contributed by atoms with Crippen molar-refractivity contribution < 1.29 is 23.4 Å². The van der Waals surface area contributed by atoms with Gasteiger partial charge in [-0.1, -0.05) is 18.2 Å². The van der Waals surface area contributed by atoms with Crippen molar-refractivity contribution in [1.82, 2.24) is 4.57 Å². The number of hydrogen-bond donors (Lipinski definition) is 1. The summed E-state index contributed by atoms with van der Waals surface area (Å²) in [4.78, 5) is 25.9. The van der Waals surface area contributed by atoms with E-state index in [0.29, 0.717) is 18.6 Å².